The standard InChI is InChI=1S/C15H28O.C13H24O.C7H10O.C5H9ClO.C5H8O/c16-15-13-11-9-7-5-3-1-2-4-6-8-10-12-14-15;14-13-11-9-7-5-3-1-2-4-6-8-10-12-13;8-7(5-1-2-5)6-3-4-6;1-5(7)3-2-4-6;1-4(6)5-2-3-5/h1-14H2;1-12H2;5-6H,1-4H2;2-4H2,1H3;5H,2-3H2,1H3. The van der Waals surface area contributed by atoms with E-state index in [4.69, 9.17) is 11.6 Å². The van der Waals surface area contributed by atoms with Crippen LogP contribution in [0, 0.1) is 17.8 Å². The van der Waals surface area contributed by atoms with Gasteiger partial charge in [-0.2, -0.15) is 0 Å². The number of carbonyl (C=O) groups is 5. The van der Waals surface area contributed by atoms with Crippen molar-refractivity contribution >= 4 is 40.5 Å². The van der Waals surface area contributed by atoms with Crippen molar-refractivity contribution in [1.29, 1.82) is 0 Å². The van der Waals surface area contributed by atoms with Gasteiger partial charge < -0.3 is 4.79 Å². The lowest BCUT2D eigenvalue weighted by atomic mass is 10.0. The van der Waals surface area contributed by atoms with Gasteiger partial charge >= 0.3 is 0 Å². The fraction of sp³-hybridized carbons (Fsp3) is 0.889. The van der Waals surface area contributed by atoms with E-state index in [0.717, 1.165) is 70.6 Å². The molecule has 0 aromatic rings. The van der Waals surface area contributed by atoms with Gasteiger partial charge in [-0.05, 0) is 84.5 Å². The summed E-state index contributed by atoms with van der Waals surface area (Å²) in [5.74, 6) is 4.27. The molecule has 0 saturated heterocycles. The third-order valence-corrected chi connectivity index (χ3v) is 10.9. The number of hydrogen-bond acceptors (Lipinski definition) is 5. The van der Waals surface area contributed by atoms with Crippen LogP contribution < -0.4 is 0 Å². The lowest BCUT2D eigenvalue weighted by Crippen LogP contribution is -2.01. The van der Waals surface area contributed by atoms with Crippen LogP contribution in [0.3, 0.4) is 0 Å². The Morgan fingerprint density at radius 1 is 0.451 bits per heavy atom. The Labute approximate surface area is 319 Å². The van der Waals surface area contributed by atoms with Gasteiger partial charge in [-0.15, -0.1) is 11.6 Å². The van der Waals surface area contributed by atoms with Crippen LogP contribution in [-0.2, 0) is 24.0 Å². The molecular weight excluding hydrogens is 656 g/mol. The van der Waals surface area contributed by atoms with Crippen LogP contribution in [0.25, 0.3) is 0 Å². The molecule has 0 aromatic heterocycles. The second-order valence-electron chi connectivity index (χ2n) is 16.2. The van der Waals surface area contributed by atoms with Crippen molar-refractivity contribution in [3.63, 3.8) is 0 Å². The quantitative estimate of drug-likeness (QED) is 0.254. The van der Waals surface area contributed by atoms with Crippen molar-refractivity contribution in [2.45, 2.75) is 232 Å². The fourth-order valence-electron chi connectivity index (χ4n) is 6.60. The summed E-state index contributed by atoms with van der Waals surface area (Å²) in [5, 5.41) is 0. The first-order chi connectivity index (χ1) is 24.7. The summed E-state index contributed by atoms with van der Waals surface area (Å²) in [6.45, 7) is 3.24. The van der Waals surface area contributed by atoms with Gasteiger partial charge in [0, 0.05) is 55.7 Å². The highest BCUT2D eigenvalue weighted by molar-refractivity contribution is 6.17. The molecule has 0 heterocycles. The molecule has 5 rings (SSSR count). The first kappa shape index (κ1) is 47.7. The Kier molecular flexibility index (Phi) is 31.1. The zero-order valence-electron chi connectivity index (χ0n) is 33.4. The molecule has 51 heavy (non-hydrogen) atoms. The summed E-state index contributed by atoms with van der Waals surface area (Å²) in [5.41, 5.74) is 0. The monoisotopic (exact) mass is 735 g/mol. The van der Waals surface area contributed by atoms with Crippen molar-refractivity contribution in [2.75, 3.05) is 5.88 Å². The van der Waals surface area contributed by atoms with Crippen LogP contribution in [0.1, 0.15) is 232 Å². The lowest BCUT2D eigenvalue weighted by Gasteiger charge is -2.01. The predicted molar refractivity (Wildman–Crippen MR) is 215 cm³/mol. The molecule has 5 aliphatic rings. The van der Waals surface area contributed by atoms with E-state index in [2.05, 4.69) is 0 Å². The van der Waals surface area contributed by atoms with E-state index in [1.165, 1.54) is 141 Å². The molecule has 0 N–H and O–H groups in total. The minimum Gasteiger partial charge on any atom is -0.300 e. The normalized spacial score (nSPS) is 21.8. The molecule has 0 aromatic carbocycles. The zero-order chi connectivity index (χ0) is 37.4. The average molecular weight is 736 g/mol. The summed E-state index contributed by atoms with van der Waals surface area (Å²) in [4.78, 5) is 54.2. The van der Waals surface area contributed by atoms with Gasteiger partial charge in [0.25, 0.3) is 0 Å². The van der Waals surface area contributed by atoms with Crippen molar-refractivity contribution in [2.24, 2.45) is 17.8 Å². The molecule has 0 radical (unpaired) electrons. The van der Waals surface area contributed by atoms with E-state index in [9.17, 15) is 24.0 Å². The van der Waals surface area contributed by atoms with E-state index in [-0.39, 0.29) is 5.78 Å². The van der Waals surface area contributed by atoms with E-state index in [1.54, 1.807) is 13.8 Å². The second kappa shape index (κ2) is 33.2. The molecule has 0 spiro atoms. The Morgan fingerprint density at radius 2 is 0.706 bits per heavy atom. The highest BCUT2D eigenvalue weighted by atomic mass is 35.5. The Morgan fingerprint density at radius 3 is 0.863 bits per heavy atom. The summed E-state index contributed by atoms with van der Waals surface area (Å²) >= 11 is 5.29. The molecule has 5 fully saturated rings. The molecule has 6 heteroatoms. The Hall–Kier alpha value is -1.36. The van der Waals surface area contributed by atoms with E-state index in [1.807, 2.05) is 0 Å². The molecule has 0 bridgehead atoms. The highest BCUT2D eigenvalue weighted by Gasteiger charge is 2.39. The maximum absolute atomic E-state index is 11.5. The Balaban J connectivity index is 0.000000335. The van der Waals surface area contributed by atoms with Crippen LogP contribution in [0.4, 0.5) is 0 Å². The number of ketones is 5. The van der Waals surface area contributed by atoms with Crippen molar-refractivity contribution < 1.29 is 24.0 Å². The average Bonchev–Trinajstić information content (AvgIpc) is 3.94. The molecule has 5 nitrogen and oxygen atoms in total. The summed E-state index contributed by atoms with van der Waals surface area (Å²) in [7, 11) is 0. The number of carbonyl (C=O) groups excluding carboxylic acids is 5. The van der Waals surface area contributed by atoms with Crippen molar-refractivity contribution in [3.8, 4) is 0 Å². The SMILES string of the molecule is CC(=O)C1CC1.CC(=O)CCCCl.O=C(C1CC1)C1CC1.O=C1CCCCCCCCCCCC1.O=C1CCCCCCCCCCCCCC1. The van der Waals surface area contributed by atoms with Gasteiger partial charge in [0.15, 0.2) is 0 Å². The number of alkyl halides is 1. The van der Waals surface area contributed by atoms with E-state index in [0.29, 0.717) is 53.2 Å². The van der Waals surface area contributed by atoms with Crippen molar-refractivity contribution in [3.05, 3.63) is 0 Å². The van der Waals surface area contributed by atoms with Crippen LogP contribution >= 0.6 is 11.6 Å². The third-order valence-electron chi connectivity index (χ3n) is 10.6. The molecule has 296 valence electrons. The molecule has 0 aliphatic heterocycles. The highest BCUT2D eigenvalue weighted by Crippen LogP contribution is 2.40. The molecule has 0 amide bonds. The van der Waals surface area contributed by atoms with Crippen molar-refractivity contribution in [1.82, 2.24) is 0 Å². The Bertz CT molecular complexity index is 870. The van der Waals surface area contributed by atoms with Crippen LogP contribution in [0.2, 0.25) is 0 Å². The number of rotatable bonds is 6. The molecule has 0 unspecified atom stereocenters. The summed E-state index contributed by atoms with van der Waals surface area (Å²) in [6, 6.07) is 0. The predicted octanol–water partition coefficient (Wildman–Crippen LogP) is 13.2. The fourth-order valence-corrected chi connectivity index (χ4v) is 6.73. The molecule has 0 atom stereocenters. The van der Waals surface area contributed by atoms with Gasteiger partial charge in [0.2, 0.25) is 0 Å². The third kappa shape index (κ3) is 34.2. The maximum Gasteiger partial charge on any atom is 0.139 e. The zero-order valence-corrected chi connectivity index (χ0v) is 34.2. The van der Waals surface area contributed by atoms with E-state index < -0.39 is 0 Å². The van der Waals surface area contributed by atoms with Gasteiger partial charge in [-0.25, -0.2) is 0 Å². The number of hydrogen-bond donors (Lipinski definition) is 0. The van der Waals surface area contributed by atoms with Gasteiger partial charge in [0.05, 0.1) is 0 Å². The topological polar surface area (TPSA) is 85.3 Å². The van der Waals surface area contributed by atoms with Crippen LogP contribution in [-0.4, -0.2) is 34.8 Å². The largest absolute Gasteiger partial charge is 0.300 e. The first-order valence-corrected chi connectivity index (χ1v) is 22.4. The summed E-state index contributed by atoms with van der Waals surface area (Å²) in [6.07, 6.45) is 40.9. The smallest absolute Gasteiger partial charge is 0.139 e. The van der Waals surface area contributed by atoms with E-state index >= 15 is 0 Å². The minimum atomic E-state index is 0.223. The van der Waals surface area contributed by atoms with Crippen LogP contribution in [0.15, 0.2) is 0 Å². The second-order valence-corrected chi connectivity index (χ2v) is 16.6. The first-order valence-electron chi connectivity index (χ1n) is 21.9. The molecular formula is C45H79ClO5. The summed E-state index contributed by atoms with van der Waals surface area (Å²) < 4.78 is 0. The molecule has 5 saturated carbocycles. The number of Topliss-reactive ketones (excluding diaryl/α,β-unsaturated/α-hetero) is 5. The maximum atomic E-state index is 11.5. The molecule has 5 aliphatic carbocycles. The van der Waals surface area contributed by atoms with Gasteiger partial charge in [-0.1, -0.05) is 116 Å². The van der Waals surface area contributed by atoms with Crippen LogP contribution in [0.5, 0.6) is 0 Å². The lowest BCUT2D eigenvalue weighted by molar-refractivity contribution is -0.121. The van der Waals surface area contributed by atoms with Gasteiger partial charge in [0.1, 0.15) is 28.9 Å². The minimum absolute atomic E-state index is 0.223. The van der Waals surface area contributed by atoms with Gasteiger partial charge in [-0.3, -0.25) is 19.2 Å². The number of halogens is 1.